The van der Waals surface area contributed by atoms with Gasteiger partial charge >= 0.3 is 0 Å². The lowest BCUT2D eigenvalue weighted by Crippen LogP contribution is -2.46. The Balaban J connectivity index is 1.66. The van der Waals surface area contributed by atoms with Crippen molar-refractivity contribution < 1.29 is 0 Å². The zero-order valence-electron chi connectivity index (χ0n) is 13.0. The second kappa shape index (κ2) is 5.92. The zero-order valence-corrected chi connectivity index (χ0v) is 14.6. The fraction of sp³-hybridized carbons (Fsp3) is 0.579. The van der Waals surface area contributed by atoms with Crippen LogP contribution in [-0.2, 0) is 5.41 Å². The molecule has 2 saturated carbocycles. The molecule has 1 aromatic carbocycles. The lowest BCUT2D eigenvalue weighted by atomic mass is 9.58. The Kier molecular flexibility index (Phi) is 3.93. The van der Waals surface area contributed by atoms with E-state index in [0.717, 1.165) is 10.9 Å². The number of benzene rings is 1. The van der Waals surface area contributed by atoms with Crippen molar-refractivity contribution in [1.29, 1.82) is 0 Å². The average molecular weight is 359 g/mol. The second-order valence-corrected chi connectivity index (χ2v) is 7.94. The van der Waals surface area contributed by atoms with Crippen LogP contribution in [0.1, 0.15) is 63.4 Å². The summed E-state index contributed by atoms with van der Waals surface area (Å²) >= 11 is 3.56. The van der Waals surface area contributed by atoms with Crippen LogP contribution in [0.15, 0.2) is 38.9 Å². The summed E-state index contributed by atoms with van der Waals surface area (Å²) in [5.41, 5.74) is 4.38. The van der Waals surface area contributed by atoms with Crippen LogP contribution in [0.4, 0.5) is 0 Å². The van der Waals surface area contributed by atoms with E-state index >= 15 is 0 Å². The molecule has 0 spiro atoms. The molecule has 116 valence electrons. The molecule has 1 aliphatic heterocycles. The molecule has 1 unspecified atom stereocenters. The maximum Gasteiger partial charge on any atom is 0.0598 e. The molecule has 3 aliphatic rings. The Hall–Kier alpha value is -0.960. The highest BCUT2D eigenvalue weighted by molar-refractivity contribution is 9.10. The van der Waals surface area contributed by atoms with Crippen LogP contribution >= 0.6 is 15.9 Å². The average Bonchev–Trinajstić information content (AvgIpc) is 2.82. The molecular formula is C19H23BrN2. The van der Waals surface area contributed by atoms with Gasteiger partial charge in [-0.1, -0.05) is 53.7 Å². The number of rotatable bonds is 2. The minimum Gasteiger partial charge on any atom is -0.159 e. The molecular weight excluding hydrogens is 336 g/mol. The minimum absolute atomic E-state index is 0.176. The summed E-state index contributed by atoms with van der Waals surface area (Å²) in [6.45, 7) is 0. The van der Waals surface area contributed by atoms with Gasteiger partial charge in [-0.2, -0.15) is 10.2 Å². The van der Waals surface area contributed by atoms with Crippen LogP contribution < -0.4 is 0 Å². The predicted molar refractivity (Wildman–Crippen MR) is 95.7 cm³/mol. The van der Waals surface area contributed by atoms with E-state index in [1.165, 1.54) is 68.4 Å². The second-order valence-electron chi connectivity index (χ2n) is 7.02. The van der Waals surface area contributed by atoms with Crippen LogP contribution in [-0.4, -0.2) is 11.4 Å². The maximum absolute atomic E-state index is 4.75. The van der Waals surface area contributed by atoms with E-state index in [1.807, 2.05) is 0 Å². The molecule has 0 saturated heterocycles. The molecule has 3 heteroatoms. The van der Waals surface area contributed by atoms with E-state index in [0.29, 0.717) is 5.92 Å². The Bertz CT molecular complexity index is 611. The summed E-state index contributed by atoms with van der Waals surface area (Å²) in [4.78, 5) is 0. The summed E-state index contributed by atoms with van der Waals surface area (Å²) in [7, 11) is 0. The van der Waals surface area contributed by atoms with Crippen molar-refractivity contribution >= 4 is 27.4 Å². The largest absolute Gasteiger partial charge is 0.159 e. The highest BCUT2D eigenvalue weighted by atomic mass is 79.9. The molecule has 0 radical (unpaired) electrons. The molecule has 2 fully saturated rings. The smallest absolute Gasteiger partial charge is 0.0598 e. The lowest BCUT2D eigenvalue weighted by Gasteiger charge is -2.44. The Labute approximate surface area is 141 Å². The van der Waals surface area contributed by atoms with E-state index in [4.69, 9.17) is 5.10 Å². The molecule has 0 bridgehead atoms. The summed E-state index contributed by atoms with van der Waals surface area (Å²) in [6.07, 6.45) is 11.6. The molecule has 2 aliphatic carbocycles. The van der Waals surface area contributed by atoms with Crippen molar-refractivity contribution in [3.63, 3.8) is 0 Å². The van der Waals surface area contributed by atoms with Crippen molar-refractivity contribution in [2.75, 3.05) is 0 Å². The van der Waals surface area contributed by atoms with Gasteiger partial charge in [0.15, 0.2) is 0 Å². The highest BCUT2D eigenvalue weighted by Gasteiger charge is 2.48. The fourth-order valence-electron chi connectivity index (χ4n) is 4.37. The molecule has 4 rings (SSSR count). The van der Waals surface area contributed by atoms with E-state index in [-0.39, 0.29) is 5.41 Å². The van der Waals surface area contributed by atoms with Gasteiger partial charge in [0.1, 0.15) is 0 Å². The van der Waals surface area contributed by atoms with Crippen molar-refractivity contribution in [2.24, 2.45) is 16.1 Å². The summed E-state index contributed by atoms with van der Waals surface area (Å²) < 4.78 is 1.15. The van der Waals surface area contributed by atoms with Gasteiger partial charge in [0.05, 0.1) is 5.71 Å². The number of fused-ring (bicyclic) bond motifs is 1. The summed E-state index contributed by atoms with van der Waals surface area (Å²) in [6, 6.07) is 8.91. The quantitative estimate of drug-likeness (QED) is 0.652. The van der Waals surface area contributed by atoms with Crippen molar-refractivity contribution in [3.8, 4) is 0 Å². The Morgan fingerprint density at radius 2 is 1.68 bits per heavy atom. The number of halogens is 1. The predicted octanol–water partition coefficient (Wildman–Crippen LogP) is 5.65. The normalized spacial score (nSPS) is 27.0. The van der Waals surface area contributed by atoms with E-state index in [2.05, 4.69) is 45.3 Å². The maximum atomic E-state index is 4.75. The number of hydrogen-bond acceptors (Lipinski definition) is 2. The molecule has 0 aromatic heterocycles. The first-order valence-corrected chi connectivity index (χ1v) is 9.50. The third-order valence-corrected chi connectivity index (χ3v) is 6.32. The fourth-order valence-corrected chi connectivity index (χ4v) is 4.64. The first-order valence-electron chi connectivity index (χ1n) is 8.70. The van der Waals surface area contributed by atoms with Gasteiger partial charge in [-0.25, -0.2) is 0 Å². The van der Waals surface area contributed by atoms with Crippen LogP contribution in [0.3, 0.4) is 0 Å². The first kappa shape index (κ1) is 14.6. The van der Waals surface area contributed by atoms with Crippen molar-refractivity contribution in [1.82, 2.24) is 0 Å². The van der Waals surface area contributed by atoms with Gasteiger partial charge in [0.25, 0.3) is 0 Å². The molecule has 2 nitrogen and oxygen atoms in total. The van der Waals surface area contributed by atoms with Gasteiger partial charge in [0, 0.05) is 21.5 Å². The topological polar surface area (TPSA) is 24.7 Å². The lowest BCUT2D eigenvalue weighted by molar-refractivity contribution is 0.331. The molecule has 0 amide bonds. The molecule has 1 atom stereocenters. The standard InChI is InChI=1S/C19H23BrN2/c20-15-10-8-14(9-11-15)19(12-5-13-19)18-16-6-3-1-2-4-7-17(16)21-22-18/h8-11,16H,1-7,12-13H2. The van der Waals surface area contributed by atoms with Crippen molar-refractivity contribution in [3.05, 3.63) is 34.3 Å². The zero-order chi connectivity index (χ0) is 15.0. The number of hydrogen-bond donors (Lipinski definition) is 0. The third kappa shape index (κ3) is 2.38. The summed E-state index contributed by atoms with van der Waals surface area (Å²) in [5.74, 6) is 0.532. The minimum atomic E-state index is 0.176. The summed E-state index contributed by atoms with van der Waals surface area (Å²) in [5, 5.41) is 9.38. The Morgan fingerprint density at radius 1 is 0.909 bits per heavy atom. The molecule has 0 N–H and O–H groups in total. The van der Waals surface area contributed by atoms with E-state index in [1.54, 1.807) is 0 Å². The molecule has 22 heavy (non-hydrogen) atoms. The van der Waals surface area contributed by atoms with Gasteiger partial charge in [-0.05, 0) is 49.8 Å². The highest BCUT2D eigenvalue weighted by Crippen LogP contribution is 2.49. The van der Waals surface area contributed by atoms with Crippen LogP contribution in [0, 0.1) is 5.92 Å². The van der Waals surface area contributed by atoms with Crippen LogP contribution in [0.2, 0.25) is 0 Å². The van der Waals surface area contributed by atoms with Gasteiger partial charge in [0.2, 0.25) is 0 Å². The van der Waals surface area contributed by atoms with Gasteiger partial charge < -0.3 is 0 Å². The van der Waals surface area contributed by atoms with Gasteiger partial charge in [-0.3, -0.25) is 0 Å². The van der Waals surface area contributed by atoms with Crippen LogP contribution in [0.25, 0.3) is 0 Å². The Morgan fingerprint density at radius 3 is 2.41 bits per heavy atom. The monoisotopic (exact) mass is 358 g/mol. The third-order valence-electron chi connectivity index (χ3n) is 5.79. The van der Waals surface area contributed by atoms with Gasteiger partial charge in [-0.15, -0.1) is 0 Å². The van der Waals surface area contributed by atoms with E-state index in [9.17, 15) is 0 Å². The van der Waals surface area contributed by atoms with Crippen molar-refractivity contribution in [2.45, 2.75) is 63.2 Å². The van der Waals surface area contributed by atoms with E-state index < -0.39 is 0 Å². The number of nitrogens with zero attached hydrogens (tertiary/aromatic N) is 2. The molecule has 1 aromatic rings. The first-order chi connectivity index (χ1) is 10.8. The molecule has 1 heterocycles. The SMILES string of the molecule is Brc1ccc(C2(C3=NN=C4CCCCCCC43)CCC2)cc1. The van der Waals surface area contributed by atoms with Crippen LogP contribution in [0.5, 0.6) is 0 Å².